The molecule has 2 N–H and O–H groups in total. The van der Waals surface area contributed by atoms with Gasteiger partial charge in [0.05, 0.1) is 12.6 Å². The van der Waals surface area contributed by atoms with E-state index < -0.39 is 0 Å². The Morgan fingerprint density at radius 2 is 2.33 bits per heavy atom. The van der Waals surface area contributed by atoms with Crippen LogP contribution in [0.2, 0.25) is 0 Å². The number of ether oxygens (including phenoxy) is 1. The van der Waals surface area contributed by atoms with E-state index in [1.165, 1.54) is 0 Å². The number of hydrogen-bond donors (Lipinski definition) is 1. The van der Waals surface area contributed by atoms with Crippen molar-refractivity contribution in [3.63, 3.8) is 0 Å². The molecule has 0 spiro atoms. The smallest absolute Gasteiger partial charge is 0.184 e. The fourth-order valence-electron chi connectivity index (χ4n) is 2.21. The van der Waals surface area contributed by atoms with E-state index in [0.29, 0.717) is 12.4 Å². The summed E-state index contributed by atoms with van der Waals surface area (Å²) in [6.07, 6.45) is 0.934. The number of nitrogens with two attached hydrogens (primary N) is 1. The van der Waals surface area contributed by atoms with Gasteiger partial charge in [-0.15, -0.1) is 5.10 Å². The second-order valence-electron chi connectivity index (χ2n) is 4.50. The Morgan fingerprint density at radius 1 is 1.44 bits per heavy atom. The van der Waals surface area contributed by atoms with Gasteiger partial charge in [-0.05, 0) is 35.4 Å². The van der Waals surface area contributed by atoms with Gasteiger partial charge in [-0.1, -0.05) is 12.1 Å². The van der Waals surface area contributed by atoms with Crippen molar-refractivity contribution in [3.05, 3.63) is 23.8 Å². The highest BCUT2D eigenvalue weighted by Crippen LogP contribution is 2.29. The molecule has 1 saturated heterocycles. The molecule has 6 nitrogen and oxygen atoms in total. The molecule has 6 heteroatoms. The average molecular weight is 245 g/mol. The number of tetrazole rings is 1. The van der Waals surface area contributed by atoms with Crippen molar-refractivity contribution in [2.45, 2.75) is 19.4 Å². The van der Waals surface area contributed by atoms with Crippen LogP contribution in [0.1, 0.15) is 18.0 Å². The van der Waals surface area contributed by atoms with Gasteiger partial charge in [0.1, 0.15) is 0 Å². The standard InChI is InChI=1S/C12H15N5O/c1-8-3-2-4-10(11(8)13)12-14-15-16-17(12)9-5-6-18-7-9/h2-4,9H,5-7,13H2,1H3. The molecular weight excluding hydrogens is 230 g/mol. The monoisotopic (exact) mass is 245 g/mol. The first-order chi connectivity index (χ1) is 8.77. The number of para-hydroxylation sites is 1. The zero-order valence-corrected chi connectivity index (χ0v) is 10.2. The van der Waals surface area contributed by atoms with E-state index in [9.17, 15) is 0 Å². The first-order valence-electron chi connectivity index (χ1n) is 5.98. The SMILES string of the molecule is Cc1cccc(-c2nnnn2C2CCOC2)c1N. The Labute approximate surface area is 105 Å². The molecular formula is C12H15N5O. The van der Waals surface area contributed by atoms with Crippen molar-refractivity contribution in [3.8, 4) is 11.4 Å². The van der Waals surface area contributed by atoms with Crippen LogP contribution in [-0.4, -0.2) is 33.4 Å². The molecule has 1 atom stereocenters. The third-order valence-electron chi connectivity index (χ3n) is 3.31. The van der Waals surface area contributed by atoms with Gasteiger partial charge in [0.15, 0.2) is 5.82 Å². The Bertz CT molecular complexity index is 559. The molecule has 0 amide bonds. The molecule has 18 heavy (non-hydrogen) atoms. The summed E-state index contributed by atoms with van der Waals surface area (Å²) in [7, 11) is 0. The van der Waals surface area contributed by atoms with Crippen LogP contribution < -0.4 is 5.73 Å². The molecule has 1 aromatic carbocycles. The lowest BCUT2D eigenvalue weighted by molar-refractivity contribution is 0.184. The van der Waals surface area contributed by atoms with E-state index in [0.717, 1.165) is 29.8 Å². The predicted octanol–water partition coefficient (Wildman–Crippen LogP) is 1.19. The molecule has 3 rings (SSSR count). The lowest BCUT2D eigenvalue weighted by atomic mass is 10.1. The van der Waals surface area contributed by atoms with Crippen molar-refractivity contribution >= 4 is 5.69 Å². The van der Waals surface area contributed by atoms with Gasteiger partial charge in [-0.25, -0.2) is 4.68 Å². The minimum atomic E-state index is 0.204. The van der Waals surface area contributed by atoms with Crippen molar-refractivity contribution in [2.75, 3.05) is 18.9 Å². The highest BCUT2D eigenvalue weighted by Gasteiger charge is 2.23. The summed E-state index contributed by atoms with van der Waals surface area (Å²) in [6.45, 7) is 3.39. The molecule has 1 aliphatic heterocycles. The number of nitrogens with zero attached hydrogens (tertiary/aromatic N) is 4. The summed E-state index contributed by atoms with van der Waals surface area (Å²) in [4.78, 5) is 0. The zero-order chi connectivity index (χ0) is 12.5. The third kappa shape index (κ3) is 1.74. The summed E-state index contributed by atoms with van der Waals surface area (Å²) in [5, 5.41) is 11.9. The van der Waals surface area contributed by atoms with Crippen LogP contribution in [0.25, 0.3) is 11.4 Å². The van der Waals surface area contributed by atoms with Gasteiger partial charge in [-0.3, -0.25) is 0 Å². The maximum atomic E-state index is 6.10. The number of benzene rings is 1. The van der Waals surface area contributed by atoms with Crippen LogP contribution in [0.4, 0.5) is 5.69 Å². The second-order valence-corrected chi connectivity index (χ2v) is 4.50. The van der Waals surface area contributed by atoms with Gasteiger partial charge < -0.3 is 10.5 Å². The molecule has 1 unspecified atom stereocenters. The second kappa shape index (κ2) is 4.38. The highest BCUT2D eigenvalue weighted by molar-refractivity contribution is 5.74. The van der Waals surface area contributed by atoms with Crippen molar-refractivity contribution in [2.24, 2.45) is 0 Å². The topological polar surface area (TPSA) is 78.8 Å². The van der Waals surface area contributed by atoms with Gasteiger partial charge in [0.25, 0.3) is 0 Å². The fraction of sp³-hybridized carbons (Fsp3) is 0.417. The Balaban J connectivity index is 2.06. The van der Waals surface area contributed by atoms with E-state index in [1.54, 1.807) is 0 Å². The number of aromatic nitrogens is 4. The lowest BCUT2D eigenvalue weighted by Gasteiger charge is -2.12. The summed E-state index contributed by atoms with van der Waals surface area (Å²) >= 11 is 0. The highest BCUT2D eigenvalue weighted by atomic mass is 16.5. The van der Waals surface area contributed by atoms with Crippen LogP contribution in [0, 0.1) is 6.92 Å². The van der Waals surface area contributed by atoms with E-state index in [-0.39, 0.29) is 6.04 Å². The van der Waals surface area contributed by atoms with Gasteiger partial charge in [0, 0.05) is 17.9 Å². The number of aryl methyl sites for hydroxylation is 1. The lowest BCUT2D eigenvalue weighted by Crippen LogP contribution is -2.12. The fourth-order valence-corrected chi connectivity index (χ4v) is 2.21. The molecule has 0 radical (unpaired) electrons. The number of nitrogen functional groups attached to an aromatic ring is 1. The van der Waals surface area contributed by atoms with E-state index in [1.807, 2.05) is 29.8 Å². The van der Waals surface area contributed by atoms with Crippen LogP contribution in [0.5, 0.6) is 0 Å². The first-order valence-corrected chi connectivity index (χ1v) is 5.98. The zero-order valence-electron chi connectivity index (χ0n) is 10.2. The maximum Gasteiger partial charge on any atom is 0.184 e. The van der Waals surface area contributed by atoms with Gasteiger partial charge in [-0.2, -0.15) is 0 Å². The summed E-state index contributed by atoms with van der Waals surface area (Å²) in [5.41, 5.74) is 8.74. The predicted molar refractivity (Wildman–Crippen MR) is 66.9 cm³/mol. The van der Waals surface area contributed by atoms with E-state index in [4.69, 9.17) is 10.5 Å². The molecule has 0 bridgehead atoms. The largest absolute Gasteiger partial charge is 0.398 e. The molecule has 2 aromatic rings. The molecule has 2 heterocycles. The van der Waals surface area contributed by atoms with Gasteiger partial charge >= 0.3 is 0 Å². The summed E-state index contributed by atoms with van der Waals surface area (Å²) in [6, 6.07) is 6.09. The van der Waals surface area contributed by atoms with Crippen LogP contribution in [0.15, 0.2) is 18.2 Å². The first kappa shape index (κ1) is 11.2. The molecule has 1 fully saturated rings. The summed E-state index contributed by atoms with van der Waals surface area (Å²) in [5.74, 6) is 0.715. The molecule has 1 aliphatic rings. The quantitative estimate of drug-likeness (QED) is 0.804. The number of hydrogen-bond acceptors (Lipinski definition) is 5. The Hall–Kier alpha value is -1.95. The molecule has 0 saturated carbocycles. The minimum Gasteiger partial charge on any atom is -0.398 e. The number of rotatable bonds is 2. The van der Waals surface area contributed by atoms with E-state index >= 15 is 0 Å². The van der Waals surface area contributed by atoms with Crippen molar-refractivity contribution in [1.82, 2.24) is 20.2 Å². The van der Waals surface area contributed by atoms with Crippen LogP contribution in [0.3, 0.4) is 0 Å². The summed E-state index contributed by atoms with van der Waals surface area (Å²) < 4.78 is 7.20. The third-order valence-corrected chi connectivity index (χ3v) is 3.31. The van der Waals surface area contributed by atoms with Crippen molar-refractivity contribution < 1.29 is 4.74 Å². The normalized spacial score (nSPS) is 19.3. The Morgan fingerprint density at radius 3 is 3.11 bits per heavy atom. The molecule has 0 aliphatic carbocycles. The van der Waals surface area contributed by atoms with Crippen molar-refractivity contribution in [1.29, 1.82) is 0 Å². The molecule has 94 valence electrons. The van der Waals surface area contributed by atoms with Crippen LogP contribution >= 0.6 is 0 Å². The maximum absolute atomic E-state index is 6.10. The minimum absolute atomic E-state index is 0.204. The molecule has 1 aromatic heterocycles. The Kier molecular flexibility index (Phi) is 2.71. The van der Waals surface area contributed by atoms with E-state index in [2.05, 4.69) is 15.5 Å². The average Bonchev–Trinajstić information content (AvgIpc) is 3.01. The number of anilines is 1. The van der Waals surface area contributed by atoms with Gasteiger partial charge in [0.2, 0.25) is 0 Å². The van der Waals surface area contributed by atoms with Crippen LogP contribution in [-0.2, 0) is 4.74 Å².